The molecule has 4 aliphatic heterocycles. The molecule has 1 saturated carbocycles. The Bertz CT molecular complexity index is 1800. The highest BCUT2D eigenvalue weighted by Gasteiger charge is 2.51. The normalized spacial score (nSPS) is 35.1. The second-order valence-corrected chi connectivity index (χ2v) is 19.5. The molecule has 2 aromatic rings. The molecule has 0 aromatic heterocycles. The topological polar surface area (TPSA) is 101 Å². The number of amides is 1. The van der Waals surface area contributed by atoms with E-state index in [1.807, 2.05) is 32.2 Å². The third kappa shape index (κ3) is 7.24. The molecular weight excluding hydrogens is 712 g/mol. The third-order valence-corrected chi connectivity index (χ3v) is 16.2. The van der Waals surface area contributed by atoms with Crippen molar-refractivity contribution in [2.24, 2.45) is 17.8 Å². The summed E-state index contributed by atoms with van der Waals surface area (Å²) in [6.45, 7) is 12.2. The maximum absolute atomic E-state index is 13.7. The van der Waals surface area contributed by atoms with E-state index in [0.717, 1.165) is 127 Å². The number of hydrogen-bond acceptors (Lipinski definition) is 9. The number of morpholine rings is 1. The lowest BCUT2D eigenvalue weighted by Gasteiger charge is -2.54. The third-order valence-electron chi connectivity index (χ3n) is 14.1. The largest absolute Gasteiger partial charge is 0.490 e. The van der Waals surface area contributed by atoms with Gasteiger partial charge in [-0.05, 0) is 111 Å². The second-order valence-electron chi connectivity index (χ2n) is 17.1. The van der Waals surface area contributed by atoms with E-state index in [-0.39, 0.29) is 16.9 Å². The predicted octanol–water partition coefficient (Wildman–Crippen LogP) is 5.51. The summed E-state index contributed by atoms with van der Waals surface area (Å²) in [4.78, 5) is 21.3. The summed E-state index contributed by atoms with van der Waals surface area (Å²) < 4.78 is 49.2. The van der Waals surface area contributed by atoms with E-state index < -0.39 is 21.2 Å². The smallest absolute Gasteiger partial charge is 0.264 e. The number of nitrogens with one attached hydrogen (secondary N) is 1. The lowest BCUT2D eigenvalue weighted by Crippen LogP contribution is -2.63. The zero-order valence-corrected chi connectivity index (χ0v) is 33.2. The number of benzene rings is 2. The molecule has 4 heterocycles. The Hall–Kier alpha value is -2.41. The number of carbonyl (C=O) groups is 1. The van der Waals surface area contributed by atoms with Gasteiger partial charge in [-0.15, -0.1) is 0 Å². The molecule has 53 heavy (non-hydrogen) atoms. The van der Waals surface area contributed by atoms with Crippen LogP contribution in [-0.4, -0.2) is 114 Å². The van der Waals surface area contributed by atoms with Crippen molar-refractivity contribution in [1.82, 2.24) is 14.5 Å². The van der Waals surface area contributed by atoms with Crippen LogP contribution in [0.25, 0.3) is 0 Å². The Morgan fingerprint density at radius 2 is 1.89 bits per heavy atom. The zero-order valence-electron chi connectivity index (χ0n) is 31.7. The number of rotatable bonds is 3. The van der Waals surface area contributed by atoms with Gasteiger partial charge in [-0.1, -0.05) is 31.0 Å². The maximum atomic E-state index is 13.7. The molecule has 1 N–H and O–H groups in total. The van der Waals surface area contributed by atoms with Crippen LogP contribution in [0.5, 0.6) is 5.75 Å². The number of sulfonamides is 1. The quantitative estimate of drug-likeness (QED) is 0.434. The first kappa shape index (κ1) is 37.5. The molecule has 10 nitrogen and oxygen atoms in total. The molecule has 1 spiro atoms. The van der Waals surface area contributed by atoms with E-state index in [9.17, 15) is 13.2 Å². The first-order chi connectivity index (χ1) is 25.5. The van der Waals surface area contributed by atoms with Crippen molar-refractivity contribution in [3.05, 3.63) is 58.1 Å². The first-order valence-corrected chi connectivity index (χ1v) is 21.9. The van der Waals surface area contributed by atoms with Gasteiger partial charge in [0.2, 0.25) is 10.0 Å². The van der Waals surface area contributed by atoms with Crippen LogP contribution in [0.4, 0.5) is 5.69 Å². The van der Waals surface area contributed by atoms with Crippen molar-refractivity contribution < 1.29 is 27.4 Å². The van der Waals surface area contributed by atoms with E-state index in [4.69, 9.17) is 25.8 Å². The van der Waals surface area contributed by atoms with E-state index in [2.05, 4.69) is 31.6 Å². The first-order valence-electron chi connectivity index (χ1n) is 20.0. The van der Waals surface area contributed by atoms with Gasteiger partial charge in [0, 0.05) is 75.0 Å². The van der Waals surface area contributed by atoms with Crippen LogP contribution in [0.2, 0.25) is 5.02 Å². The lowest BCUT2D eigenvalue weighted by atomic mass is 9.62. The number of anilines is 1. The number of aryl methyl sites for hydroxylation is 1. The minimum atomic E-state index is -3.92. The van der Waals surface area contributed by atoms with Gasteiger partial charge < -0.3 is 19.1 Å². The van der Waals surface area contributed by atoms with Crippen molar-refractivity contribution in [3.8, 4) is 5.75 Å². The number of halogens is 1. The van der Waals surface area contributed by atoms with Crippen molar-refractivity contribution >= 4 is 33.2 Å². The fraction of sp³-hybridized carbons (Fsp3) is 0.683. The summed E-state index contributed by atoms with van der Waals surface area (Å²) in [5.41, 5.74) is 3.12. The van der Waals surface area contributed by atoms with Crippen LogP contribution in [0.15, 0.2) is 36.4 Å². The van der Waals surface area contributed by atoms with Crippen LogP contribution in [0, 0.1) is 17.8 Å². The Morgan fingerprint density at radius 3 is 2.70 bits per heavy atom. The van der Waals surface area contributed by atoms with Crippen LogP contribution in [-0.2, 0) is 31.3 Å². The predicted molar refractivity (Wildman–Crippen MR) is 208 cm³/mol. The molecule has 2 aliphatic carbocycles. The Balaban J connectivity index is 1.17. The number of carbonyl (C=O) groups excluding carboxylic acids is 1. The Kier molecular flexibility index (Phi) is 10.6. The molecule has 3 fully saturated rings. The van der Waals surface area contributed by atoms with Gasteiger partial charge in [0.25, 0.3) is 5.91 Å². The van der Waals surface area contributed by atoms with Gasteiger partial charge in [0.05, 0.1) is 36.4 Å². The molecule has 6 aliphatic rings. The SMILES string of the molecule is CO[C@@]1(CN2CCN3CCOC[C@@H]3C2)CCC[C@H](C)[C@@H](C)S(=O)(=O)NC(=O)c2ccc3c(c2)N(C[C@@H]2CC[C@H]21)C[C@@]1(CCCc2cc(Cl)ccc21)CO3. The minimum absolute atomic E-state index is 0.136. The van der Waals surface area contributed by atoms with Gasteiger partial charge in [-0.2, -0.15) is 0 Å². The Labute approximate surface area is 320 Å². The highest BCUT2D eigenvalue weighted by Crippen LogP contribution is 2.50. The average molecular weight is 769 g/mol. The average Bonchev–Trinajstić information content (AvgIpc) is 3.28. The zero-order chi connectivity index (χ0) is 37.0. The van der Waals surface area contributed by atoms with Gasteiger partial charge in [-0.3, -0.25) is 14.6 Å². The minimum Gasteiger partial charge on any atom is -0.490 e. The van der Waals surface area contributed by atoms with Crippen LogP contribution < -0.4 is 14.4 Å². The molecule has 2 aromatic carbocycles. The van der Waals surface area contributed by atoms with Crippen molar-refractivity contribution in [2.75, 3.05) is 77.6 Å². The Morgan fingerprint density at radius 1 is 1.02 bits per heavy atom. The molecule has 1 amide bonds. The van der Waals surface area contributed by atoms with Gasteiger partial charge in [-0.25, -0.2) is 13.1 Å². The van der Waals surface area contributed by atoms with Gasteiger partial charge >= 0.3 is 0 Å². The van der Waals surface area contributed by atoms with E-state index in [0.29, 0.717) is 30.0 Å². The van der Waals surface area contributed by atoms with E-state index >= 15 is 0 Å². The number of fused-ring (bicyclic) bond motifs is 5. The molecule has 2 saturated heterocycles. The molecule has 7 atom stereocenters. The lowest BCUT2D eigenvalue weighted by molar-refractivity contribution is -0.140. The summed E-state index contributed by atoms with van der Waals surface area (Å²) in [5.74, 6) is 0.715. The molecule has 0 unspecified atom stereocenters. The highest BCUT2D eigenvalue weighted by atomic mass is 35.5. The second kappa shape index (κ2) is 14.9. The molecule has 8 rings (SSSR count). The molecule has 12 heteroatoms. The van der Waals surface area contributed by atoms with Crippen molar-refractivity contribution in [2.45, 2.75) is 87.5 Å². The number of piperazine rings is 1. The standard InChI is InChI=1S/C41H57ClN4O6S/c1-28-6-4-15-41(50-3,26-44-16-17-45-18-19-51-24-34(45)23-44)36-11-8-32(36)22-46-25-40(14-5-7-30-20-33(42)10-12-35(30)40)27-52-38-13-9-31(21-37(38)46)39(47)43-53(48,49)29(28)2/h9-10,12-13,20-21,28-29,32,34,36H,4-8,11,14-19,22-27H2,1-3H3,(H,43,47)/t28-,29+,32-,34-,36+,40-,41+/m0/s1. The molecule has 2 bridgehead atoms. The summed E-state index contributed by atoms with van der Waals surface area (Å²) >= 11 is 6.51. The summed E-state index contributed by atoms with van der Waals surface area (Å²) in [5, 5.41) is 0.0242. The van der Waals surface area contributed by atoms with Crippen LogP contribution in [0.1, 0.15) is 80.3 Å². The summed E-state index contributed by atoms with van der Waals surface area (Å²) in [6, 6.07) is 12.1. The van der Waals surface area contributed by atoms with E-state index in [1.54, 1.807) is 13.0 Å². The summed E-state index contributed by atoms with van der Waals surface area (Å²) in [7, 11) is -2.02. The van der Waals surface area contributed by atoms with Crippen molar-refractivity contribution in [3.63, 3.8) is 0 Å². The van der Waals surface area contributed by atoms with E-state index in [1.165, 1.54) is 11.1 Å². The monoisotopic (exact) mass is 768 g/mol. The molecule has 290 valence electrons. The van der Waals surface area contributed by atoms with Crippen LogP contribution in [0.3, 0.4) is 0 Å². The van der Waals surface area contributed by atoms with Crippen molar-refractivity contribution in [1.29, 1.82) is 0 Å². The number of hydrogen-bond donors (Lipinski definition) is 1. The number of methoxy groups -OCH3 is 1. The number of nitrogens with zero attached hydrogens (tertiary/aromatic N) is 3. The van der Waals surface area contributed by atoms with Gasteiger partial charge in [0.15, 0.2) is 0 Å². The fourth-order valence-electron chi connectivity index (χ4n) is 10.6. The fourth-order valence-corrected chi connectivity index (χ4v) is 12.1. The van der Waals surface area contributed by atoms with Gasteiger partial charge in [0.1, 0.15) is 5.75 Å². The summed E-state index contributed by atoms with van der Waals surface area (Å²) in [6.07, 6.45) is 7.66. The molecule has 0 radical (unpaired) electrons. The van der Waals surface area contributed by atoms with Crippen LogP contribution >= 0.6 is 11.6 Å². The molecular formula is C41H57ClN4O6S. The highest BCUT2D eigenvalue weighted by molar-refractivity contribution is 7.90. The number of ether oxygens (including phenoxy) is 3. The maximum Gasteiger partial charge on any atom is 0.264 e.